The van der Waals surface area contributed by atoms with E-state index in [9.17, 15) is 24.0 Å². The molecule has 3 N–H and O–H groups in total. The first kappa shape index (κ1) is 30.1. The van der Waals surface area contributed by atoms with Crippen LogP contribution in [0.1, 0.15) is 49.0 Å². The van der Waals surface area contributed by atoms with Gasteiger partial charge in [-0.25, -0.2) is 0 Å². The summed E-state index contributed by atoms with van der Waals surface area (Å²) in [5.74, 6) is -2.25. The number of likely N-dealkylation sites (tertiary alicyclic amines) is 1. The zero-order chi connectivity index (χ0) is 29.2. The van der Waals surface area contributed by atoms with Gasteiger partial charge >= 0.3 is 5.97 Å². The molecule has 40 heavy (non-hydrogen) atoms. The number of hydrogen-bond donors (Lipinski definition) is 3. The molecule has 3 atom stereocenters. The summed E-state index contributed by atoms with van der Waals surface area (Å²) < 4.78 is 11.3. The number of amides is 3. The minimum Gasteiger partial charge on any atom is -0.493 e. The van der Waals surface area contributed by atoms with E-state index in [1.807, 2.05) is 30.3 Å². The summed E-state index contributed by atoms with van der Waals surface area (Å²) in [6.45, 7) is 4.13. The highest BCUT2D eigenvalue weighted by Gasteiger charge is 2.39. The van der Waals surface area contributed by atoms with Crippen LogP contribution in [0.2, 0.25) is 0 Å². The predicted octanol–water partition coefficient (Wildman–Crippen LogP) is 2.18. The monoisotopic (exact) mass is 553 g/mol. The number of rotatable bonds is 13. The van der Waals surface area contributed by atoms with Gasteiger partial charge in [-0.2, -0.15) is 0 Å². The summed E-state index contributed by atoms with van der Waals surface area (Å²) in [5, 5.41) is 14.1. The quantitative estimate of drug-likeness (QED) is 0.319. The number of nitrogens with one attached hydrogen (secondary N) is 2. The second-order valence-corrected chi connectivity index (χ2v) is 9.87. The average molecular weight is 554 g/mol. The van der Waals surface area contributed by atoms with Crippen molar-refractivity contribution in [1.29, 1.82) is 0 Å². The standard InChI is InChI=1S/C29H35N3O8/c1-18(2)26(29(38)32-13-7-10-22(32)28(37)30-21(16-33)15-25(34)35)31-27(36)20-11-12-23(39-3)24(14-20)40-17-19-8-5-4-6-9-19/h4-6,8-9,11-12,14,16,18,21-22,26H,7,10,13,15,17H2,1-3H3,(H,30,37)(H,31,36)(H,34,35)/t21-,22-,26-/m0/s1. The Labute approximate surface area is 232 Å². The normalized spacial score (nSPS) is 16.1. The van der Waals surface area contributed by atoms with Gasteiger partial charge in [-0.05, 0) is 42.5 Å². The highest BCUT2D eigenvalue weighted by molar-refractivity contribution is 5.99. The molecule has 2 aromatic rings. The van der Waals surface area contributed by atoms with Crippen molar-refractivity contribution in [3.05, 3.63) is 59.7 Å². The van der Waals surface area contributed by atoms with E-state index in [4.69, 9.17) is 14.6 Å². The molecule has 0 aliphatic carbocycles. The van der Waals surface area contributed by atoms with E-state index in [2.05, 4.69) is 10.6 Å². The number of methoxy groups -OCH3 is 1. The molecule has 0 unspecified atom stereocenters. The number of nitrogens with zero attached hydrogens (tertiary/aromatic N) is 1. The number of ether oxygens (including phenoxy) is 2. The number of carbonyl (C=O) groups is 5. The molecule has 1 aliphatic heterocycles. The first-order chi connectivity index (χ1) is 19.1. The Kier molecular flexibility index (Phi) is 10.6. The molecule has 0 bridgehead atoms. The van der Waals surface area contributed by atoms with Gasteiger partial charge in [0, 0.05) is 12.1 Å². The van der Waals surface area contributed by atoms with Crippen LogP contribution in [-0.4, -0.2) is 71.8 Å². The van der Waals surface area contributed by atoms with Gasteiger partial charge in [0.15, 0.2) is 11.5 Å². The molecule has 1 heterocycles. The summed E-state index contributed by atoms with van der Waals surface area (Å²) in [6.07, 6.45) is 0.708. The molecule has 1 saturated heterocycles. The zero-order valence-electron chi connectivity index (χ0n) is 22.8. The molecule has 214 valence electrons. The second kappa shape index (κ2) is 14.1. The zero-order valence-corrected chi connectivity index (χ0v) is 22.8. The molecular formula is C29H35N3O8. The van der Waals surface area contributed by atoms with Crippen LogP contribution in [0.15, 0.2) is 48.5 Å². The van der Waals surface area contributed by atoms with E-state index >= 15 is 0 Å². The van der Waals surface area contributed by atoms with Crippen LogP contribution in [0.3, 0.4) is 0 Å². The van der Waals surface area contributed by atoms with Crippen molar-refractivity contribution in [2.24, 2.45) is 5.92 Å². The van der Waals surface area contributed by atoms with E-state index in [0.29, 0.717) is 37.2 Å². The van der Waals surface area contributed by atoms with Crippen molar-refractivity contribution in [3.63, 3.8) is 0 Å². The fraction of sp³-hybridized carbons (Fsp3) is 0.414. The SMILES string of the molecule is COc1ccc(C(=O)N[C@H](C(=O)N2CCC[C@H]2C(=O)N[C@H](C=O)CC(=O)O)C(C)C)cc1OCc1ccccc1. The molecule has 3 rings (SSSR count). The summed E-state index contributed by atoms with van der Waals surface area (Å²) in [4.78, 5) is 63.2. The van der Waals surface area contributed by atoms with Crippen LogP contribution in [0, 0.1) is 5.92 Å². The number of benzene rings is 2. The fourth-order valence-corrected chi connectivity index (χ4v) is 4.49. The Bertz CT molecular complexity index is 1220. The van der Waals surface area contributed by atoms with E-state index in [1.165, 1.54) is 12.0 Å². The van der Waals surface area contributed by atoms with Crippen molar-refractivity contribution in [3.8, 4) is 11.5 Å². The lowest BCUT2D eigenvalue weighted by molar-refractivity contribution is -0.142. The molecule has 11 nitrogen and oxygen atoms in total. The highest BCUT2D eigenvalue weighted by atomic mass is 16.5. The minimum absolute atomic E-state index is 0.264. The van der Waals surface area contributed by atoms with Crippen LogP contribution in [-0.2, 0) is 25.8 Å². The van der Waals surface area contributed by atoms with Crippen LogP contribution in [0.4, 0.5) is 0 Å². The fourth-order valence-electron chi connectivity index (χ4n) is 4.49. The summed E-state index contributed by atoms with van der Waals surface area (Å²) in [7, 11) is 1.50. The molecule has 1 aliphatic rings. The van der Waals surface area contributed by atoms with Gasteiger partial charge in [-0.15, -0.1) is 0 Å². The third-order valence-electron chi connectivity index (χ3n) is 6.61. The van der Waals surface area contributed by atoms with E-state index in [0.717, 1.165) is 5.56 Å². The number of carbonyl (C=O) groups excluding carboxylic acids is 4. The Balaban J connectivity index is 1.72. The molecule has 11 heteroatoms. The molecule has 0 saturated carbocycles. The number of carboxylic acid groups (broad SMARTS) is 1. The molecular weight excluding hydrogens is 518 g/mol. The Morgan fingerprint density at radius 1 is 1.07 bits per heavy atom. The van der Waals surface area contributed by atoms with E-state index in [1.54, 1.807) is 32.0 Å². The first-order valence-electron chi connectivity index (χ1n) is 13.1. The van der Waals surface area contributed by atoms with Crippen molar-refractivity contribution in [2.75, 3.05) is 13.7 Å². The van der Waals surface area contributed by atoms with Gasteiger partial charge in [0.1, 0.15) is 25.0 Å². The maximum atomic E-state index is 13.6. The van der Waals surface area contributed by atoms with Gasteiger partial charge in [0.25, 0.3) is 5.91 Å². The van der Waals surface area contributed by atoms with E-state index in [-0.39, 0.29) is 18.1 Å². The predicted molar refractivity (Wildman–Crippen MR) is 145 cm³/mol. The van der Waals surface area contributed by atoms with Crippen molar-refractivity contribution in [1.82, 2.24) is 15.5 Å². The molecule has 0 radical (unpaired) electrons. The third-order valence-corrected chi connectivity index (χ3v) is 6.61. The van der Waals surface area contributed by atoms with Gasteiger partial charge in [0.05, 0.1) is 19.6 Å². The number of hydrogen-bond acceptors (Lipinski definition) is 7. The van der Waals surface area contributed by atoms with Gasteiger partial charge in [-0.3, -0.25) is 19.2 Å². The summed E-state index contributed by atoms with van der Waals surface area (Å²) in [6, 6.07) is 11.3. The van der Waals surface area contributed by atoms with Crippen LogP contribution in [0.5, 0.6) is 11.5 Å². The molecule has 0 aromatic heterocycles. The van der Waals surface area contributed by atoms with Crippen LogP contribution < -0.4 is 20.1 Å². The van der Waals surface area contributed by atoms with Crippen molar-refractivity contribution in [2.45, 2.75) is 57.8 Å². The lowest BCUT2D eigenvalue weighted by Gasteiger charge is -2.31. The molecule has 0 spiro atoms. The summed E-state index contributed by atoms with van der Waals surface area (Å²) in [5.41, 5.74) is 1.21. The lowest BCUT2D eigenvalue weighted by Crippen LogP contribution is -2.56. The Hall–Kier alpha value is -4.41. The maximum Gasteiger partial charge on any atom is 0.305 e. The topological polar surface area (TPSA) is 151 Å². The number of aldehydes is 1. The van der Waals surface area contributed by atoms with E-state index < -0.39 is 48.2 Å². The Morgan fingerprint density at radius 3 is 2.42 bits per heavy atom. The number of carboxylic acids is 1. The van der Waals surface area contributed by atoms with Crippen molar-refractivity contribution >= 4 is 30.0 Å². The second-order valence-electron chi connectivity index (χ2n) is 9.87. The smallest absolute Gasteiger partial charge is 0.305 e. The summed E-state index contributed by atoms with van der Waals surface area (Å²) >= 11 is 0. The van der Waals surface area contributed by atoms with Crippen LogP contribution >= 0.6 is 0 Å². The average Bonchev–Trinajstić information content (AvgIpc) is 3.44. The molecule has 1 fully saturated rings. The number of aliphatic carboxylic acids is 1. The lowest BCUT2D eigenvalue weighted by atomic mass is 10.0. The molecule has 3 amide bonds. The maximum absolute atomic E-state index is 13.6. The molecule has 2 aromatic carbocycles. The third kappa shape index (κ3) is 7.81. The van der Waals surface area contributed by atoms with Gasteiger partial charge < -0.3 is 34.9 Å². The Morgan fingerprint density at radius 2 is 1.80 bits per heavy atom. The highest BCUT2D eigenvalue weighted by Crippen LogP contribution is 2.29. The van der Waals surface area contributed by atoms with Crippen LogP contribution in [0.25, 0.3) is 0 Å². The van der Waals surface area contributed by atoms with Crippen molar-refractivity contribution < 1.29 is 38.6 Å². The largest absolute Gasteiger partial charge is 0.493 e. The first-order valence-corrected chi connectivity index (χ1v) is 13.1. The van der Waals surface area contributed by atoms with Gasteiger partial charge in [-0.1, -0.05) is 44.2 Å². The van der Waals surface area contributed by atoms with Gasteiger partial charge in [0.2, 0.25) is 11.8 Å². The minimum atomic E-state index is -1.23.